The van der Waals surface area contributed by atoms with Gasteiger partial charge in [-0.2, -0.15) is 0 Å². The predicted molar refractivity (Wildman–Crippen MR) is 73.0 cm³/mol. The van der Waals surface area contributed by atoms with Crippen molar-refractivity contribution >= 4 is 37.4 Å². The number of fused-ring (bicyclic) bond motifs is 1. The van der Waals surface area contributed by atoms with Crippen LogP contribution >= 0.6 is 27.3 Å². The maximum Gasteiger partial charge on any atom is 0.101 e. The fraction of sp³-hybridized carbons (Fsp3) is 0.333. The summed E-state index contributed by atoms with van der Waals surface area (Å²) in [7, 11) is 3.93. The zero-order chi connectivity index (χ0) is 11.7. The third-order valence-electron chi connectivity index (χ3n) is 2.36. The van der Waals surface area contributed by atoms with Crippen LogP contribution in [0.15, 0.2) is 28.7 Å². The van der Waals surface area contributed by atoms with Crippen molar-refractivity contribution in [2.45, 2.75) is 6.10 Å². The van der Waals surface area contributed by atoms with E-state index >= 15 is 0 Å². The molecular weight excluding hydrogens is 286 g/mol. The lowest BCUT2D eigenvalue weighted by molar-refractivity contribution is 0.142. The third-order valence-corrected chi connectivity index (χ3v) is 4.07. The Kier molecular flexibility index (Phi) is 3.64. The van der Waals surface area contributed by atoms with Crippen LogP contribution in [-0.4, -0.2) is 30.6 Å². The number of thiophene rings is 1. The van der Waals surface area contributed by atoms with E-state index in [1.165, 1.54) is 10.1 Å². The van der Waals surface area contributed by atoms with E-state index in [0.29, 0.717) is 6.54 Å². The topological polar surface area (TPSA) is 23.5 Å². The molecule has 0 amide bonds. The summed E-state index contributed by atoms with van der Waals surface area (Å²) in [4.78, 5) is 3.02. The molecule has 2 rings (SSSR count). The SMILES string of the molecule is CN(C)CC(O)c1cc2cc(Br)ccc2s1. The minimum absolute atomic E-state index is 0.397. The largest absolute Gasteiger partial charge is 0.386 e. The second-order valence-electron chi connectivity index (χ2n) is 4.11. The fourth-order valence-corrected chi connectivity index (χ4v) is 3.04. The number of nitrogens with zero attached hydrogens (tertiary/aromatic N) is 1. The molecule has 0 aliphatic carbocycles. The molecule has 0 aliphatic heterocycles. The Balaban J connectivity index is 2.32. The highest BCUT2D eigenvalue weighted by Gasteiger charge is 2.12. The maximum atomic E-state index is 10.0. The lowest BCUT2D eigenvalue weighted by Crippen LogP contribution is -2.19. The molecule has 2 aromatic rings. The van der Waals surface area contributed by atoms with E-state index < -0.39 is 6.10 Å². The van der Waals surface area contributed by atoms with Crippen LogP contribution in [-0.2, 0) is 0 Å². The average molecular weight is 300 g/mol. The number of aliphatic hydroxyl groups is 1. The summed E-state index contributed by atoms with van der Waals surface area (Å²) in [5.41, 5.74) is 0. The van der Waals surface area contributed by atoms with Crippen LogP contribution < -0.4 is 0 Å². The molecule has 1 atom stereocenters. The van der Waals surface area contributed by atoms with Crippen LogP contribution in [0.1, 0.15) is 11.0 Å². The molecule has 0 fully saturated rings. The maximum absolute atomic E-state index is 10.0. The van der Waals surface area contributed by atoms with Crippen LogP contribution in [0.5, 0.6) is 0 Å². The van der Waals surface area contributed by atoms with Crippen molar-refractivity contribution < 1.29 is 5.11 Å². The molecule has 0 saturated carbocycles. The van der Waals surface area contributed by atoms with Crippen molar-refractivity contribution in [1.29, 1.82) is 0 Å². The number of hydrogen-bond acceptors (Lipinski definition) is 3. The van der Waals surface area contributed by atoms with Gasteiger partial charge in [0, 0.05) is 20.6 Å². The molecule has 0 saturated heterocycles. The molecule has 4 heteroatoms. The number of likely N-dealkylation sites (N-methyl/N-ethyl adjacent to an activating group) is 1. The molecule has 0 bridgehead atoms. The summed E-state index contributed by atoms with van der Waals surface area (Å²) in [5.74, 6) is 0. The Bertz CT molecular complexity index is 495. The zero-order valence-corrected chi connectivity index (χ0v) is 11.7. The van der Waals surface area contributed by atoms with E-state index in [-0.39, 0.29) is 0 Å². The summed E-state index contributed by atoms with van der Waals surface area (Å²) < 4.78 is 2.29. The van der Waals surface area contributed by atoms with Gasteiger partial charge in [-0.15, -0.1) is 11.3 Å². The lowest BCUT2D eigenvalue weighted by atomic mass is 10.2. The van der Waals surface area contributed by atoms with E-state index in [1.807, 2.05) is 25.1 Å². The molecule has 1 unspecified atom stereocenters. The molecule has 0 aliphatic rings. The van der Waals surface area contributed by atoms with Crippen molar-refractivity contribution in [2.24, 2.45) is 0 Å². The monoisotopic (exact) mass is 299 g/mol. The summed E-state index contributed by atoms with van der Waals surface area (Å²) in [6.07, 6.45) is -0.397. The minimum atomic E-state index is -0.397. The Morgan fingerprint density at radius 3 is 2.81 bits per heavy atom. The second kappa shape index (κ2) is 4.84. The van der Waals surface area contributed by atoms with E-state index in [2.05, 4.69) is 34.1 Å². The highest BCUT2D eigenvalue weighted by atomic mass is 79.9. The van der Waals surface area contributed by atoms with Crippen LogP contribution in [0.2, 0.25) is 0 Å². The summed E-state index contributed by atoms with van der Waals surface area (Å²) in [5, 5.41) is 11.2. The van der Waals surface area contributed by atoms with Gasteiger partial charge in [-0.25, -0.2) is 0 Å². The smallest absolute Gasteiger partial charge is 0.101 e. The molecule has 86 valence electrons. The molecular formula is C12H14BrNOS. The summed E-state index contributed by atoms with van der Waals surface area (Å²) >= 11 is 5.11. The van der Waals surface area contributed by atoms with Gasteiger partial charge < -0.3 is 10.0 Å². The van der Waals surface area contributed by atoms with E-state index in [1.54, 1.807) is 11.3 Å². The fourth-order valence-electron chi connectivity index (χ4n) is 1.63. The van der Waals surface area contributed by atoms with Crippen molar-refractivity contribution in [2.75, 3.05) is 20.6 Å². The van der Waals surface area contributed by atoms with Gasteiger partial charge in [0.05, 0.1) is 0 Å². The molecule has 2 nitrogen and oxygen atoms in total. The molecule has 1 aromatic heterocycles. The first kappa shape index (κ1) is 12.0. The second-order valence-corrected chi connectivity index (χ2v) is 6.14. The Labute approximate surface area is 108 Å². The first-order chi connectivity index (χ1) is 7.56. The van der Waals surface area contributed by atoms with Gasteiger partial charge in [0.2, 0.25) is 0 Å². The van der Waals surface area contributed by atoms with Gasteiger partial charge in [0.15, 0.2) is 0 Å². The standard InChI is InChI=1S/C12H14BrNOS/c1-14(2)7-10(15)12-6-8-5-9(13)3-4-11(8)16-12/h3-6,10,15H,7H2,1-2H3. The molecule has 16 heavy (non-hydrogen) atoms. The molecule has 1 N–H and O–H groups in total. The van der Waals surface area contributed by atoms with Gasteiger partial charge in [-0.05, 0) is 43.7 Å². The number of aliphatic hydroxyl groups excluding tert-OH is 1. The van der Waals surface area contributed by atoms with Gasteiger partial charge >= 0.3 is 0 Å². The van der Waals surface area contributed by atoms with Crippen molar-refractivity contribution in [3.05, 3.63) is 33.6 Å². The van der Waals surface area contributed by atoms with Gasteiger partial charge in [-0.3, -0.25) is 0 Å². The zero-order valence-electron chi connectivity index (χ0n) is 9.27. The Morgan fingerprint density at radius 1 is 1.38 bits per heavy atom. The van der Waals surface area contributed by atoms with Gasteiger partial charge in [0.1, 0.15) is 6.10 Å². The molecule has 0 spiro atoms. The minimum Gasteiger partial charge on any atom is -0.386 e. The highest BCUT2D eigenvalue weighted by molar-refractivity contribution is 9.10. The first-order valence-corrected chi connectivity index (χ1v) is 6.69. The quantitative estimate of drug-likeness (QED) is 0.940. The predicted octanol–water partition coefficient (Wildman–Crippen LogP) is 3.26. The van der Waals surface area contributed by atoms with Crippen molar-refractivity contribution in [1.82, 2.24) is 4.90 Å². The van der Waals surface area contributed by atoms with Crippen LogP contribution in [0.25, 0.3) is 10.1 Å². The number of rotatable bonds is 3. The molecule has 0 radical (unpaired) electrons. The van der Waals surface area contributed by atoms with Gasteiger partial charge in [-0.1, -0.05) is 15.9 Å². The van der Waals surface area contributed by atoms with Crippen LogP contribution in [0.3, 0.4) is 0 Å². The highest BCUT2D eigenvalue weighted by Crippen LogP contribution is 2.31. The molecule has 1 aromatic carbocycles. The summed E-state index contributed by atoms with van der Waals surface area (Å²) in [6.45, 7) is 0.661. The van der Waals surface area contributed by atoms with Gasteiger partial charge in [0.25, 0.3) is 0 Å². The van der Waals surface area contributed by atoms with Crippen LogP contribution in [0, 0.1) is 0 Å². The van der Waals surface area contributed by atoms with Crippen molar-refractivity contribution in [3.63, 3.8) is 0 Å². The third kappa shape index (κ3) is 2.63. The summed E-state index contributed by atoms with van der Waals surface area (Å²) in [6, 6.07) is 8.26. The lowest BCUT2D eigenvalue weighted by Gasteiger charge is -2.13. The average Bonchev–Trinajstić information content (AvgIpc) is 2.59. The number of benzene rings is 1. The van der Waals surface area contributed by atoms with Crippen LogP contribution in [0.4, 0.5) is 0 Å². The first-order valence-electron chi connectivity index (χ1n) is 5.08. The van der Waals surface area contributed by atoms with E-state index in [4.69, 9.17) is 0 Å². The normalized spacial score (nSPS) is 13.6. The number of halogens is 1. The van der Waals surface area contributed by atoms with E-state index in [9.17, 15) is 5.11 Å². The molecule has 1 heterocycles. The number of hydrogen-bond donors (Lipinski definition) is 1. The van der Waals surface area contributed by atoms with Crippen molar-refractivity contribution in [3.8, 4) is 0 Å². The van der Waals surface area contributed by atoms with E-state index in [0.717, 1.165) is 9.35 Å². The Morgan fingerprint density at radius 2 is 2.12 bits per heavy atom. The Hall–Kier alpha value is -0.420.